The minimum atomic E-state index is -0.139. The van der Waals surface area contributed by atoms with Crippen molar-refractivity contribution in [2.24, 2.45) is 0 Å². The maximum absolute atomic E-state index is 12.4. The minimum absolute atomic E-state index is 0.117. The van der Waals surface area contributed by atoms with Crippen molar-refractivity contribution in [2.45, 2.75) is 25.8 Å². The summed E-state index contributed by atoms with van der Waals surface area (Å²) in [7, 11) is 0. The van der Waals surface area contributed by atoms with Gasteiger partial charge in [0.05, 0.1) is 11.9 Å². The van der Waals surface area contributed by atoms with E-state index < -0.39 is 0 Å². The zero-order valence-corrected chi connectivity index (χ0v) is 21.7. The number of benzene rings is 2. The van der Waals surface area contributed by atoms with Crippen LogP contribution in [0.5, 0.6) is 5.75 Å². The van der Waals surface area contributed by atoms with E-state index in [1.54, 1.807) is 10.9 Å². The molecule has 0 bridgehead atoms. The summed E-state index contributed by atoms with van der Waals surface area (Å²) in [6, 6.07) is 23.4. The molecule has 198 valence electrons. The van der Waals surface area contributed by atoms with Crippen LogP contribution in [0.3, 0.4) is 0 Å². The van der Waals surface area contributed by atoms with Gasteiger partial charge in [0.15, 0.2) is 11.5 Å². The Morgan fingerprint density at radius 2 is 1.77 bits per heavy atom. The number of carbonyl (C=O) groups excluding carboxylic acids is 1. The molecule has 0 aliphatic carbocycles. The molecule has 1 N–H and O–H groups in total. The predicted octanol–water partition coefficient (Wildman–Crippen LogP) is 4.30. The van der Waals surface area contributed by atoms with Crippen molar-refractivity contribution < 1.29 is 9.53 Å². The van der Waals surface area contributed by atoms with Gasteiger partial charge in [-0.05, 0) is 67.9 Å². The number of para-hydroxylation sites is 1. The molecule has 0 saturated carbocycles. The first-order valence-corrected chi connectivity index (χ1v) is 13.4. The van der Waals surface area contributed by atoms with Crippen LogP contribution in [0, 0.1) is 0 Å². The number of fused-ring (bicyclic) bond motifs is 1. The fraction of sp³-hybridized carbons (Fsp3) is 0.267. The van der Waals surface area contributed by atoms with Crippen LogP contribution in [0.25, 0.3) is 16.9 Å². The number of nitrogens with zero attached hydrogens (tertiary/aromatic N) is 6. The number of anilines is 1. The number of nitrogens with one attached hydrogen (secondary N) is 1. The average Bonchev–Trinajstić information content (AvgIpc) is 3.71. The number of likely N-dealkylation sites (tertiary alicyclic amines) is 1. The minimum Gasteiger partial charge on any atom is -0.492 e. The van der Waals surface area contributed by atoms with Crippen molar-refractivity contribution in [3.8, 4) is 17.0 Å². The molecule has 1 saturated heterocycles. The van der Waals surface area contributed by atoms with Gasteiger partial charge in [-0.25, -0.2) is 9.50 Å². The van der Waals surface area contributed by atoms with Crippen molar-refractivity contribution in [3.63, 3.8) is 0 Å². The van der Waals surface area contributed by atoms with Gasteiger partial charge in [-0.3, -0.25) is 14.4 Å². The Labute approximate surface area is 227 Å². The fourth-order valence-corrected chi connectivity index (χ4v) is 4.88. The summed E-state index contributed by atoms with van der Waals surface area (Å²) in [5.74, 6) is 1.48. The number of pyridine rings is 1. The molecule has 5 aromatic rings. The second-order valence-electron chi connectivity index (χ2n) is 9.77. The van der Waals surface area contributed by atoms with E-state index in [2.05, 4.69) is 27.4 Å². The Morgan fingerprint density at radius 3 is 2.59 bits per heavy atom. The first kappa shape index (κ1) is 24.8. The quantitative estimate of drug-likeness (QED) is 0.295. The molecule has 0 atom stereocenters. The summed E-state index contributed by atoms with van der Waals surface area (Å²) < 4.78 is 9.39. The van der Waals surface area contributed by atoms with Crippen LogP contribution in [-0.4, -0.2) is 61.4 Å². The molecule has 3 aromatic heterocycles. The van der Waals surface area contributed by atoms with E-state index in [1.807, 2.05) is 71.4 Å². The van der Waals surface area contributed by atoms with Crippen LogP contribution in [0.4, 0.5) is 5.69 Å². The number of amides is 1. The highest BCUT2D eigenvalue weighted by atomic mass is 16.5. The van der Waals surface area contributed by atoms with Gasteiger partial charge >= 0.3 is 0 Å². The van der Waals surface area contributed by atoms with Crippen molar-refractivity contribution >= 4 is 17.2 Å². The predicted molar refractivity (Wildman–Crippen MR) is 150 cm³/mol. The van der Waals surface area contributed by atoms with E-state index in [9.17, 15) is 4.79 Å². The Bertz CT molecular complexity index is 1540. The van der Waals surface area contributed by atoms with E-state index in [4.69, 9.17) is 14.8 Å². The molecular weight excluding hydrogens is 490 g/mol. The fourth-order valence-electron chi connectivity index (χ4n) is 4.88. The molecule has 0 unspecified atom stereocenters. The van der Waals surface area contributed by atoms with E-state index in [1.165, 1.54) is 25.9 Å². The van der Waals surface area contributed by atoms with Crippen LogP contribution >= 0.6 is 0 Å². The van der Waals surface area contributed by atoms with Gasteiger partial charge < -0.3 is 10.1 Å². The summed E-state index contributed by atoms with van der Waals surface area (Å²) >= 11 is 0. The van der Waals surface area contributed by atoms with Crippen molar-refractivity contribution in [3.05, 3.63) is 96.6 Å². The first-order valence-electron chi connectivity index (χ1n) is 13.4. The molecule has 0 radical (unpaired) electrons. The molecule has 9 heteroatoms. The summed E-state index contributed by atoms with van der Waals surface area (Å²) in [6.07, 6.45) is 6.81. The highest BCUT2D eigenvalue weighted by Gasteiger charge is 2.13. The number of carbonyl (C=O) groups is 1. The molecule has 0 spiro atoms. The van der Waals surface area contributed by atoms with Gasteiger partial charge in [0.25, 0.3) is 0 Å². The Kier molecular flexibility index (Phi) is 7.31. The Morgan fingerprint density at radius 1 is 0.949 bits per heavy atom. The summed E-state index contributed by atoms with van der Waals surface area (Å²) in [6.45, 7) is 4.18. The number of hydrogen-bond acceptors (Lipinski definition) is 6. The van der Waals surface area contributed by atoms with Gasteiger partial charge in [0, 0.05) is 30.4 Å². The summed E-state index contributed by atoms with van der Waals surface area (Å²) in [5.41, 5.74) is 4.37. The number of ether oxygens (including phenoxy) is 1. The molecule has 1 amide bonds. The van der Waals surface area contributed by atoms with Crippen LogP contribution < -0.4 is 10.1 Å². The highest BCUT2D eigenvalue weighted by molar-refractivity contribution is 5.90. The molecule has 9 nitrogen and oxygen atoms in total. The normalized spacial score (nSPS) is 13.6. The van der Waals surface area contributed by atoms with Gasteiger partial charge in [-0.15, -0.1) is 0 Å². The van der Waals surface area contributed by atoms with E-state index in [0.717, 1.165) is 46.3 Å². The molecule has 4 heterocycles. The number of aromatic nitrogens is 5. The van der Waals surface area contributed by atoms with Gasteiger partial charge in [-0.2, -0.15) is 10.2 Å². The lowest BCUT2D eigenvalue weighted by Crippen LogP contribution is -2.25. The van der Waals surface area contributed by atoms with E-state index in [0.29, 0.717) is 13.0 Å². The molecule has 6 rings (SSSR count). The summed E-state index contributed by atoms with van der Waals surface area (Å²) in [4.78, 5) is 19.6. The van der Waals surface area contributed by atoms with Crippen LogP contribution in [0.1, 0.15) is 24.2 Å². The van der Waals surface area contributed by atoms with Crippen LogP contribution in [0.15, 0.2) is 85.2 Å². The van der Waals surface area contributed by atoms with Crippen LogP contribution in [0.2, 0.25) is 0 Å². The SMILES string of the molecule is O=C(Cn1cc(-c2cccc3nc(Cc4ccc(OCCN5CCCC5)cc4)nn23)cn1)Nc1ccccc1. The topological polar surface area (TPSA) is 89.6 Å². The van der Waals surface area contributed by atoms with Crippen LogP contribution in [-0.2, 0) is 17.8 Å². The monoisotopic (exact) mass is 521 g/mol. The van der Waals surface area contributed by atoms with Crippen molar-refractivity contribution in [1.29, 1.82) is 0 Å². The molecule has 1 aliphatic rings. The zero-order valence-electron chi connectivity index (χ0n) is 21.7. The molecular formula is C30H31N7O2. The van der Waals surface area contributed by atoms with Crippen molar-refractivity contribution in [2.75, 3.05) is 31.6 Å². The molecule has 1 aliphatic heterocycles. The Balaban J connectivity index is 1.10. The maximum Gasteiger partial charge on any atom is 0.246 e. The average molecular weight is 522 g/mol. The smallest absolute Gasteiger partial charge is 0.246 e. The third-order valence-electron chi connectivity index (χ3n) is 6.86. The third kappa shape index (κ3) is 6.15. The third-order valence-corrected chi connectivity index (χ3v) is 6.86. The van der Waals surface area contributed by atoms with E-state index >= 15 is 0 Å². The first-order chi connectivity index (χ1) is 19.2. The molecule has 39 heavy (non-hydrogen) atoms. The number of rotatable bonds is 10. The number of hydrogen-bond donors (Lipinski definition) is 1. The lowest BCUT2D eigenvalue weighted by atomic mass is 10.1. The lowest BCUT2D eigenvalue weighted by Gasteiger charge is -2.14. The van der Waals surface area contributed by atoms with Gasteiger partial charge in [0.2, 0.25) is 5.91 Å². The highest BCUT2D eigenvalue weighted by Crippen LogP contribution is 2.21. The van der Waals surface area contributed by atoms with E-state index in [-0.39, 0.29) is 12.5 Å². The standard InChI is InChI=1S/C30H31N7O2/c38-30(32-25-7-2-1-3-8-25)22-36-21-24(20-31-36)27-9-6-10-29-33-28(34-37(27)29)19-23-11-13-26(14-12-23)39-18-17-35-15-4-5-16-35/h1-3,6-14,20-21H,4-5,15-19,22H2,(H,32,38). The maximum atomic E-state index is 12.4. The van der Waals surface area contributed by atoms with Crippen molar-refractivity contribution in [1.82, 2.24) is 29.3 Å². The molecule has 1 fully saturated rings. The Hall–Kier alpha value is -4.50. The van der Waals surface area contributed by atoms with Gasteiger partial charge in [0.1, 0.15) is 18.9 Å². The second-order valence-corrected chi connectivity index (χ2v) is 9.77. The lowest BCUT2D eigenvalue weighted by molar-refractivity contribution is -0.116. The zero-order chi connectivity index (χ0) is 26.4. The largest absolute Gasteiger partial charge is 0.492 e. The summed E-state index contributed by atoms with van der Waals surface area (Å²) in [5, 5.41) is 12.0. The molecule has 2 aromatic carbocycles. The second kappa shape index (κ2) is 11.5. The van der Waals surface area contributed by atoms with Gasteiger partial charge in [-0.1, -0.05) is 36.4 Å².